The number of carbonyl (C=O) groups is 1. The highest BCUT2D eigenvalue weighted by Crippen LogP contribution is 2.29. The van der Waals surface area contributed by atoms with Crippen LogP contribution in [0.25, 0.3) is 0 Å². The van der Waals surface area contributed by atoms with Gasteiger partial charge in [-0.25, -0.2) is 0 Å². The molecule has 1 atom stereocenters. The molecule has 0 amide bonds. The normalized spacial score (nSPS) is 11.9. The van der Waals surface area contributed by atoms with Gasteiger partial charge < -0.3 is 37.8 Å². The maximum absolute atomic E-state index is 11.6. The molecule has 0 aliphatic carbocycles. The number of aliphatic hydroxyl groups is 2. The van der Waals surface area contributed by atoms with Crippen LogP contribution in [0, 0.1) is 0 Å². The number of aldehydes is 1. The van der Waals surface area contributed by atoms with E-state index in [-0.39, 0.29) is 25.0 Å². The molecule has 0 aromatic rings. The largest absolute Gasteiger partial charge is 0.511 e. The van der Waals surface area contributed by atoms with Crippen molar-refractivity contribution in [1.82, 2.24) is 0 Å². The predicted octanol–water partition coefficient (Wildman–Crippen LogP) is 5.12. The Morgan fingerprint density at radius 1 is 0.676 bits per heavy atom. The first-order valence-corrected chi connectivity index (χ1v) is 15.0. The van der Waals surface area contributed by atoms with Gasteiger partial charge in [-0.3, -0.25) is 0 Å². The highest BCUT2D eigenvalue weighted by Gasteiger charge is 2.48. The van der Waals surface area contributed by atoms with E-state index in [2.05, 4.69) is 6.92 Å². The Labute approximate surface area is 211 Å². The minimum atomic E-state index is -2.87. The first kappa shape index (κ1) is 38.1. The first-order valence-electron chi connectivity index (χ1n) is 13.2. The summed E-state index contributed by atoms with van der Waals surface area (Å²) < 4.78 is 27.6. The fourth-order valence-electron chi connectivity index (χ4n) is 3.22. The molecule has 2 N–H and O–H groups in total. The zero-order valence-corrected chi connectivity index (χ0v) is 24.2. The van der Waals surface area contributed by atoms with Gasteiger partial charge in [-0.15, -0.1) is 0 Å². The Morgan fingerprint density at radius 3 is 1.41 bits per heavy atom. The van der Waals surface area contributed by atoms with Gasteiger partial charge >= 0.3 is 8.80 Å². The highest BCUT2D eigenvalue weighted by molar-refractivity contribution is 6.65. The van der Waals surface area contributed by atoms with Gasteiger partial charge in [0.05, 0.1) is 18.8 Å². The van der Waals surface area contributed by atoms with Crippen molar-refractivity contribution in [3.63, 3.8) is 0 Å². The van der Waals surface area contributed by atoms with Crippen LogP contribution in [0.3, 0.4) is 0 Å². The van der Waals surface area contributed by atoms with Crippen molar-refractivity contribution < 1.29 is 37.8 Å². The molecule has 34 heavy (non-hydrogen) atoms. The molecule has 0 saturated carbocycles. The smallest absolute Gasteiger partial charge is 0.394 e. The molecule has 8 nitrogen and oxygen atoms in total. The van der Waals surface area contributed by atoms with E-state index in [1.807, 2.05) is 41.5 Å². The monoisotopic (exact) mass is 512 g/mol. The van der Waals surface area contributed by atoms with Gasteiger partial charge in [0, 0.05) is 33.0 Å². The molecule has 0 heterocycles. The number of ether oxygens (including phenoxy) is 2. The van der Waals surface area contributed by atoms with E-state index in [0.717, 1.165) is 32.3 Å². The average molecular weight is 513 g/mol. The van der Waals surface area contributed by atoms with Crippen LogP contribution in [0.1, 0.15) is 99.8 Å². The van der Waals surface area contributed by atoms with Crippen LogP contribution in [-0.4, -0.2) is 77.8 Å². The Kier molecular flexibility index (Phi) is 34.4. The number of hydrogen-bond acceptors (Lipinski definition) is 8. The molecule has 0 aromatic heterocycles. The summed E-state index contributed by atoms with van der Waals surface area (Å²) in [4.78, 5) is 11.6. The second kappa shape index (κ2) is 30.6. The summed E-state index contributed by atoms with van der Waals surface area (Å²) in [6.07, 6.45) is 10.4. The van der Waals surface area contributed by atoms with Crippen LogP contribution in [-0.2, 0) is 27.5 Å². The zero-order chi connectivity index (χ0) is 26.5. The Hall–Kier alpha value is -0.393. The van der Waals surface area contributed by atoms with Crippen LogP contribution in [0.15, 0.2) is 0 Å². The van der Waals surface area contributed by atoms with Crippen molar-refractivity contribution in [3.05, 3.63) is 0 Å². The lowest BCUT2D eigenvalue weighted by Gasteiger charge is -2.32. The second-order valence-corrected chi connectivity index (χ2v) is 10.3. The van der Waals surface area contributed by atoms with E-state index in [1.165, 1.54) is 38.5 Å². The average Bonchev–Trinajstić information content (AvgIpc) is 2.82. The number of hydrogen-bond donors (Lipinski definition) is 2. The molecular weight excluding hydrogens is 456 g/mol. The molecule has 0 aliphatic heterocycles. The fraction of sp³-hybridized carbons (Fsp3) is 0.960. The first-order chi connectivity index (χ1) is 16.4. The van der Waals surface area contributed by atoms with Gasteiger partial charge in [-0.2, -0.15) is 0 Å². The van der Waals surface area contributed by atoms with Crippen LogP contribution in [0.5, 0.6) is 0 Å². The van der Waals surface area contributed by atoms with Gasteiger partial charge in [0.25, 0.3) is 0 Å². The lowest BCUT2D eigenvalue weighted by molar-refractivity contribution is -0.123. The third-order valence-corrected chi connectivity index (χ3v) is 8.08. The molecule has 0 aromatic carbocycles. The molecule has 0 rings (SSSR count). The van der Waals surface area contributed by atoms with E-state index < -0.39 is 8.80 Å². The van der Waals surface area contributed by atoms with Crippen LogP contribution < -0.4 is 0 Å². The summed E-state index contributed by atoms with van der Waals surface area (Å²) in [6.45, 7) is 16.6. The molecule has 1 unspecified atom stereocenters. The van der Waals surface area contributed by atoms with Gasteiger partial charge in [-0.1, -0.05) is 51.9 Å². The lowest BCUT2D eigenvalue weighted by Crippen LogP contribution is -2.51. The minimum absolute atomic E-state index is 0.0370. The second-order valence-electron chi connectivity index (χ2n) is 7.48. The summed E-state index contributed by atoms with van der Waals surface area (Å²) in [5.74, 6) is 0. The van der Waals surface area contributed by atoms with Gasteiger partial charge in [-0.05, 0) is 48.0 Å². The van der Waals surface area contributed by atoms with Crippen LogP contribution in [0.4, 0.5) is 0 Å². The third-order valence-electron chi connectivity index (χ3n) is 4.68. The summed E-state index contributed by atoms with van der Waals surface area (Å²) in [6, 6.07) is 0. The Bertz CT molecular complexity index is 363. The Balaban J connectivity index is -0.000000657. The Morgan fingerprint density at radius 2 is 1.09 bits per heavy atom. The molecule has 0 spiro atoms. The van der Waals surface area contributed by atoms with Crippen molar-refractivity contribution in [3.8, 4) is 0 Å². The summed E-state index contributed by atoms with van der Waals surface area (Å²) in [5, 5.41) is 15.2. The van der Waals surface area contributed by atoms with Gasteiger partial charge in [0.1, 0.15) is 6.29 Å². The van der Waals surface area contributed by atoms with E-state index in [0.29, 0.717) is 19.8 Å². The predicted molar refractivity (Wildman–Crippen MR) is 140 cm³/mol. The van der Waals surface area contributed by atoms with Crippen molar-refractivity contribution in [2.45, 2.75) is 112 Å². The quantitative estimate of drug-likeness (QED) is 0.0945. The highest BCUT2D eigenvalue weighted by atomic mass is 28.4. The van der Waals surface area contributed by atoms with E-state index in [9.17, 15) is 4.79 Å². The third kappa shape index (κ3) is 23.4. The van der Waals surface area contributed by atoms with Crippen molar-refractivity contribution >= 4 is 15.1 Å². The van der Waals surface area contributed by atoms with Crippen molar-refractivity contribution in [2.75, 3.05) is 46.2 Å². The zero-order valence-electron chi connectivity index (χ0n) is 23.2. The van der Waals surface area contributed by atoms with Crippen LogP contribution >= 0.6 is 0 Å². The van der Waals surface area contributed by atoms with Crippen LogP contribution in [0.2, 0.25) is 5.54 Å². The summed E-state index contributed by atoms with van der Waals surface area (Å²) >= 11 is 0. The molecule has 9 heteroatoms. The molecule has 0 bridgehead atoms. The fourth-order valence-corrected chi connectivity index (χ4v) is 6.04. The number of unbranched alkanes of at least 4 members (excludes halogenated alkanes) is 6. The number of carbonyl (C=O) groups excluding carboxylic acids is 1. The van der Waals surface area contributed by atoms with E-state index in [4.69, 9.17) is 33.0 Å². The number of aliphatic hydroxyl groups excluding tert-OH is 2. The van der Waals surface area contributed by atoms with Gasteiger partial charge in [0.2, 0.25) is 0 Å². The maximum Gasteiger partial charge on any atom is 0.511 e. The SMILES string of the molecule is CCCCCCCCCC(C=O)[Si](OCC)(OCC)OCC.CCOC(C)OCC.OCCO. The summed E-state index contributed by atoms with van der Waals surface area (Å²) in [5.41, 5.74) is -0.233. The molecule has 0 fully saturated rings. The molecular formula is C25H56O8Si. The summed E-state index contributed by atoms with van der Waals surface area (Å²) in [7, 11) is -2.87. The topological polar surface area (TPSA) is 104 Å². The van der Waals surface area contributed by atoms with Gasteiger partial charge in [0.15, 0.2) is 6.29 Å². The molecule has 0 saturated heterocycles. The van der Waals surface area contributed by atoms with E-state index in [1.54, 1.807) is 0 Å². The van der Waals surface area contributed by atoms with Crippen molar-refractivity contribution in [2.24, 2.45) is 0 Å². The molecule has 208 valence electrons. The van der Waals surface area contributed by atoms with E-state index >= 15 is 0 Å². The maximum atomic E-state index is 11.6. The molecule has 0 aliphatic rings. The number of rotatable bonds is 21. The van der Waals surface area contributed by atoms with Crippen molar-refractivity contribution in [1.29, 1.82) is 0 Å². The molecule has 0 radical (unpaired) electrons. The standard InChI is InChI=1S/C17H36O4Si.C6H14O2.C2H6O2/c1-5-9-10-11-12-13-14-15-17(16-18)22(19-6-2,20-7-3)21-8-4;1-4-7-6(3)8-5-2;3-1-2-4/h16-17H,5-15H2,1-4H3;6H,4-5H2,1-3H3;3-4H,1-2H2. The minimum Gasteiger partial charge on any atom is -0.394 e. The lowest BCUT2D eigenvalue weighted by atomic mass is 10.1.